The van der Waals surface area contributed by atoms with Crippen LogP contribution in [0.3, 0.4) is 0 Å². The molecule has 2 aromatic carbocycles. The Bertz CT molecular complexity index is 3170. The molecule has 0 radical (unpaired) electrons. The first kappa shape index (κ1) is 87.6. The molecule has 0 spiro atoms. The van der Waals surface area contributed by atoms with E-state index in [1.54, 1.807) is 65.8 Å². The van der Waals surface area contributed by atoms with Crippen molar-refractivity contribution in [3.8, 4) is 5.75 Å². The predicted molar refractivity (Wildman–Crippen MR) is 379 cm³/mol. The van der Waals surface area contributed by atoms with E-state index in [1.165, 1.54) is 36.1 Å². The second kappa shape index (κ2) is 44.7. The Kier molecular flexibility index (Phi) is 38.1. The number of aliphatic hydroxyl groups excluding tert-OH is 2. The van der Waals surface area contributed by atoms with Crippen molar-refractivity contribution in [3.63, 3.8) is 0 Å². The first-order chi connectivity index (χ1) is 48.6. The summed E-state index contributed by atoms with van der Waals surface area (Å²) in [6, 6.07) is -2.56. The van der Waals surface area contributed by atoms with Gasteiger partial charge in [-0.05, 0) is 138 Å². The smallest absolute Gasteiger partial charge is 0.328 e. The molecule has 12 amide bonds. The van der Waals surface area contributed by atoms with E-state index in [-0.39, 0.29) is 102 Å². The van der Waals surface area contributed by atoms with E-state index >= 15 is 0 Å². The molecule has 0 aromatic heterocycles. The Balaban J connectivity index is 1.94. The monoisotopic (exact) mass is 1450 g/mol. The summed E-state index contributed by atoms with van der Waals surface area (Å²) >= 11 is 0. The third kappa shape index (κ3) is 30.1. The number of carboxylic acids is 1. The SMILES string of the molecule is CC(C)[C@H](NC(=O)[C@H](CCC(N)=O)NC(=O)[C@@H]1CCCN1C(=O)[C@@H](NC(=O)[C@H](CCCCN)NC(=O)[C@H](CCCCN)NC(=O)[C@@H](NC(=O)[C@H](Cc1ccc(O)cc1)NC(=O)[C@H](CCCN=C(N)N)NC(=O)[C@@H](NC(=O)[C@@H](N)Cc1ccccc1)C(C)C)[C@@H](C)O)C(C)C)C(=O)N[C@@H](CO)C(=O)O. The number of guanidine groups is 1. The highest BCUT2D eigenvalue weighted by atomic mass is 16.4. The topological polar surface area (TPSA) is 595 Å². The van der Waals surface area contributed by atoms with Gasteiger partial charge in [-0.3, -0.25) is 62.5 Å². The van der Waals surface area contributed by atoms with Crippen LogP contribution in [0, 0.1) is 17.8 Å². The summed E-state index contributed by atoms with van der Waals surface area (Å²) in [5.41, 5.74) is 35.7. The van der Waals surface area contributed by atoms with E-state index in [1.807, 2.05) is 6.07 Å². The summed E-state index contributed by atoms with van der Waals surface area (Å²) in [7, 11) is 0. The maximum Gasteiger partial charge on any atom is 0.328 e. The van der Waals surface area contributed by atoms with Crippen molar-refractivity contribution in [2.45, 2.75) is 217 Å². The molecular weight excluding hydrogens is 1340 g/mol. The lowest BCUT2D eigenvalue weighted by molar-refractivity contribution is -0.144. The largest absolute Gasteiger partial charge is 0.508 e. The highest BCUT2D eigenvalue weighted by Crippen LogP contribution is 2.22. The summed E-state index contributed by atoms with van der Waals surface area (Å²) in [6.45, 7) is 10.3. The Hall–Kier alpha value is -9.58. The molecule has 35 nitrogen and oxygen atoms in total. The number of benzene rings is 2. The third-order valence-electron chi connectivity index (χ3n) is 17.1. The molecule has 1 aliphatic rings. The van der Waals surface area contributed by atoms with Gasteiger partial charge in [0.25, 0.3) is 0 Å². The van der Waals surface area contributed by atoms with Crippen LogP contribution in [-0.2, 0) is 75.2 Å². The zero-order valence-electron chi connectivity index (χ0n) is 59.8. The molecule has 0 aliphatic carbocycles. The molecule has 35 heteroatoms. The van der Waals surface area contributed by atoms with Crippen LogP contribution in [0.2, 0.25) is 0 Å². The van der Waals surface area contributed by atoms with Gasteiger partial charge in [-0.25, -0.2) is 4.79 Å². The number of nitrogens with one attached hydrogen (secondary N) is 10. The molecule has 0 saturated carbocycles. The van der Waals surface area contributed by atoms with Crippen molar-refractivity contribution in [1.29, 1.82) is 0 Å². The molecule has 574 valence electrons. The number of nitrogens with zero attached hydrogens (tertiary/aromatic N) is 2. The van der Waals surface area contributed by atoms with E-state index in [4.69, 9.17) is 34.4 Å². The molecule has 13 atom stereocenters. The predicted octanol–water partition coefficient (Wildman–Crippen LogP) is -4.65. The molecule has 1 aliphatic heterocycles. The molecule has 26 N–H and O–H groups in total. The van der Waals surface area contributed by atoms with E-state index in [0.29, 0.717) is 24.8 Å². The lowest BCUT2D eigenvalue weighted by atomic mass is 9.99. The molecule has 1 saturated heterocycles. The normalized spacial score (nSPS) is 16.3. The van der Waals surface area contributed by atoms with Gasteiger partial charge in [0.1, 0.15) is 72.2 Å². The minimum absolute atomic E-state index is 0.0133. The third-order valence-corrected chi connectivity index (χ3v) is 17.1. The lowest BCUT2D eigenvalue weighted by Gasteiger charge is -2.32. The van der Waals surface area contributed by atoms with Crippen molar-refractivity contribution in [1.82, 2.24) is 58.1 Å². The number of unbranched alkanes of at least 4 members (excludes halogenated alkanes) is 2. The number of hydrogen-bond acceptors (Lipinski definition) is 20. The number of rotatable bonds is 46. The number of primary amides is 1. The number of carbonyl (C=O) groups is 13. The second-order valence-electron chi connectivity index (χ2n) is 26.7. The number of amides is 12. The molecule has 3 rings (SSSR count). The molecule has 2 aromatic rings. The Labute approximate surface area is 599 Å². The van der Waals surface area contributed by atoms with Gasteiger partial charge in [0.2, 0.25) is 70.9 Å². The highest BCUT2D eigenvalue weighted by molar-refractivity contribution is 6.00. The lowest BCUT2D eigenvalue weighted by Crippen LogP contribution is -2.62. The highest BCUT2D eigenvalue weighted by Gasteiger charge is 2.42. The minimum Gasteiger partial charge on any atom is -0.508 e. The first-order valence-corrected chi connectivity index (χ1v) is 34.8. The van der Waals surface area contributed by atoms with Crippen LogP contribution in [0.1, 0.15) is 137 Å². The number of phenolic OH excluding ortho intramolecular Hbond substituents is 1. The molecular formula is C68H110N18O17. The Morgan fingerprint density at radius 1 is 0.505 bits per heavy atom. The van der Waals surface area contributed by atoms with Crippen LogP contribution >= 0.6 is 0 Å². The van der Waals surface area contributed by atoms with Crippen LogP contribution in [0.15, 0.2) is 59.6 Å². The zero-order valence-corrected chi connectivity index (χ0v) is 59.8. The molecule has 0 unspecified atom stereocenters. The summed E-state index contributed by atoms with van der Waals surface area (Å²) in [4.78, 5) is 185. The van der Waals surface area contributed by atoms with Crippen LogP contribution < -0.4 is 87.6 Å². The van der Waals surface area contributed by atoms with Gasteiger partial charge in [-0.1, -0.05) is 84.0 Å². The number of aliphatic hydroxyl groups is 2. The average molecular weight is 1450 g/mol. The van der Waals surface area contributed by atoms with Gasteiger partial charge in [0, 0.05) is 25.9 Å². The van der Waals surface area contributed by atoms with Gasteiger partial charge in [0.05, 0.1) is 18.8 Å². The van der Waals surface area contributed by atoms with Gasteiger partial charge in [-0.2, -0.15) is 0 Å². The summed E-state index contributed by atoms with van der Waals surface area (Å²) in [5, 5.41) is 66.0. The van der Waals surface area contributed by atoms with Gasteiger partial charge >= 0.3 is 5.97 Å². The second-order valence-corrected chi connectivity index (χ2v) is 26.7. The van der Waals surface area contributed by atoms with Crippen molar-refractivity contribution < 1.29 is 82.8 Å². The van der Waals surface area contributed by atoms with E-state index in [9.17, 15) is 82.8 Å². The molecule has 0 bridgehead atoms. The Morgan fingerprint density at radius 2 is 0.932 bits per heavy atom. The fraction of sp³-hybridized carbons (Fsp3) is 0.618. The minimum atomic E-state index is -1.84. The van der Waals surface area contributed by atoms with Crippen LogP contribution in [0.25, 0.3) is 0 Å². The number of aliphatic carboxylic acids is 1. The number of aliphatic imine (C=N–C) groups is 1. The van der Waals surface area contributed by atoms with Gasteiger partial charge in [0.15, 0.2) is 5.96 Å². The summed E-state index contributed by atoms with van der Waals surface area (Å²) in [6.07, 6.45) is -1.08. The molecule has 1 heterocycles. The summed E-state index contributed by atoms with van der Waals surface area (Å²) in [5.74, 6) is -14.3. The van der Waals surface area contributed by atoms with Gasteiger partial charge < -0.3 is 113 Å². The number of phenols is 1. The zero-order chi connectivity index (χ0) is 77.2. The first-order valence-electron chi connectivity index (χ1n) is 34.8. The number of carbonyl (C=O) groups excluding carboxylic acids is 12. The fourth-order valence-electron chi connectivity index (χ4n) is 11.2. The van der Waals surface area contributed by atoms with E-state index in [0.717, 1.165) is 5.56 Å². The fourth-order valence-corrected chi connectivity index (χ4v) is 11.2. The van der Waals surface area contributed by atoms with Crippen LogP contribution in [-0.4, -0.2) is 220 Å². The van der Waals surface area contributed by atoms with Gasteiger partial charge in [-0.15, -0.1) is 0 Å². The average Bonchev–Trinajstić information content (AvgIpc) is 1.76. The number of likely N-dealkylation sites (tertiary alicyclic amines) is 1. The standard InChI is InChI=1S/C68H110N18O17/c1-36(2)52(82-56(91)43(71)33-40-17-9-8-10-18-40)63(98)78-46(21-15-31-75-68(73)74)58(93)80-48(34-41-23-25-42(89)26-24-41)61(96)85-55(39(7)88)65(100)79-44(19-11-13-29-69)57(92)76-45(20-12-14-30-70)59(94)84-54(38(5)6)66(101)86-32-16-22-50(86)62(97)77-47(27-28-51(72)90)60(95)83-53(37(3)4)64(99)81-49(35-87)67(102)103/h8-10,17-18,23-26,36-39,43-50,52-55,87-89H,11-16,19-22,27-35,69-71H2,1-7H3,(H2,72,90)(H,76,92)(H,77,97)(H,78,98)(H,79,100)(H,80,93)(H,81,99)(H,82,91)(H,83,95)(H,84,94)(H,85,96)(H,102,103)(H4,73,74,75)/t39-,43+,44+,45+,46+,47+,48+,49+,50+,52+,53+,54+,55+/m1/s1. The molecule has 1 fully saturated rings. The van der Waals surface area contributed by atoms with Crippen molar-refractivity contribution in [3.05, 3.63) is 65.7 Å². The van der Waals surface area contributed by atoms with Crippen molar-refractivity contribution in [2.75, 3.05) is 32.8 Å². The number of nitrogens with two attached hydrogens (primary N) is 6. The number of carboxylic acid groups (broad SMARTS) is 1. The quantitative estimate of drug-likeness (QED) is 0.0168. The maximum absolute atomic E-state index is 14.7. The number of hydrogen-bond donors (Lipinski definition) is 20. The van der Waals surface area contributed by atoms with Crippen molar-refractivity contribution in [2.24, 2.45) is 57.1 Å². The Morgan fingerprint density at radius 3 is 1.41 bits per heavy atom. The van der Waals surface area contributed by atoms with Crippen LogP contribution in [0.5, 0.6) is 5.75 Å². The van der Waals surface area contributed by atoms with E-state index in [2.05, 4.69) is 58.2 Å². The number of aromatic hydroxyl groups is 1. The van der Waals surface area contributed by atoms with E-state index < -0.39 is 186 Å². The summed E-state index contributed by atoms with van der Waals surface area (Å²) < 4.78 is 0. The van der Waals surface area contributed by atoms with Crippen LogP contribution in [0.4, 0.5) is 0 Å². The molecule has 103 heavy (non-hydrogen) atoms. The maximum atomic E-state index is 14.7. The van der Waals surface area contributed by atoms with Crippen molar-refractivity contribution >= 4 is 82.8 Å².